The first-order valence-electron chi connectivity index (χ1n) is 9.97. The molecule has 0 aliphatic carbocycles. The number of carbonyl (C=O) groups is 2. The maximum atomic E-state index is 13.0. The Labute approximate surface area is 178 Å². The molecule has 1 aromatic heterocycles. The Balaban J connectivity index is 2.02. The van der Waals surface area contributed by atoms with Gasteiger partial charge in [0.2, 0.25) is 5.91 Å². The predicted octanol–water partition coefficient (Wildman–Crippen LogP) is 1.86. The molecule has 0 fully saturated rings. The molecule has 0 aliphatic heterocycles. The summed E-state index contributed by atoms with van der Waals surface area (Å²) in [5, 5.41) is 2.88. The summed E-state index contributed by atoms with van der Waals surface area (Å²) in [5.74, 6) is -0.140. The molecule has 1 N–H and O–H groups in total. The van der Waals surface area contributed by atoms with E-state index in [1.165, 1.54) is 4.90 Å². The number of carbonyl (C=O) groups excluding carboxylic acids is 2. The van der Waals surface area contributed by atoms with E-state index >= 15 is 0 Å². The highest BCUT2D eigenvalue weighted by Crippen LogP contribution is 2.07. The SMILES string of the molecule is COCCN(Cc1cccn1C)C(=O)CN(CCOC)C(=O)NCc1ccccc1. The van der Waals surface area contributed by atoms with Crippen LogP contribution in [-0.4, -0.2) is 73.4 Å². The number of nitrogens with one attached hydrogen (secondary N) is 1. The van der Waals surface area contributed by atoms with Crippen LogP contribution >= 0.6 is 0 Å². The molecule has 0 spiro atoms. The fraction of sp³-hybridized carbons (Fsp3) is 0.455. The molecule has 2 aromatic rings. The van der Waals surface area contributed by atoms with Crippen LogP contribution in [0.5, 0.6) is 0 Å². The highest BCUT2D eigenvalue weighted by Gasteiger charge is 2.22. The Morgan fingerprint density at radius 2 is 1.63 bits per heavy atom. The molecule has 1 heterocycles. The van der Waals surface area contributed by atoms with E-state index in [9.17, 15) is 9.59 Å². The van der Waals surface area contributed by atoms with Gasteiger partial charge in [0.05, 0.1) is 19.8 Å². The number of nitrogens with zero attached hydrogens (tertiary/aromatic N) is 3. The van der Waals surface area contributed by atoms with Crippen LogP contribution in [0.3, 0.4) is 0 Å². The van der Waals surface area contributed by atoms with Crippen LogP contribution in [0, 0.1) is 0 Å². The number of methoxy groups -OCH3 is 2. The number of benzene rings is 1. The Morgan fingerprint density at radius 3 is 2.23 bits per heavy atom. The van der Waals surface area contributed by atoms with Crippen molar-refractivity contribution in [1.82, 2.24) is 19.7 Å². The minimum atomic E-state index is -0.296. The molecule has 0 radical (unpaired) electrons. The smallest absolute Gasteiger partial charge is 0.318 e. The molecule has 0 atom stereocenters. The quantitative estimate of drug-likeness (QED) is 0.573. The van der Waals surface area contributed by atoms with Gasteiger partial charge in [0.15, 0.2) is 0 Å². The summed E-state index contributed by atoms with van der Waals surface area (Å²) in [4.78, 5) is 29.0. The van der Waals surface area contributed by atoms with Crippen molar-refractivity contribution >= 4 is 11.9 Å². The fourth-order valence-electron chi connectivity index (χ4n) is 2.95. The van der Waals surface area contributed by atoms with E-state index in [1.807, 2.05) is 60.3 Å². The minimum Gasteiger partial charge on any atom is -0.383 e. The van der Waals surface area contributed by atoms with Crippen LogP contribution in [0.25, 0.3) is 0 Å². The van der Waals surface area contributed by atoms with Gasteiger partial charge in [-0.2, -0.15) is 0 Å². The van der Waals surface area contributed by atoms with Gasteiger partial charge in [0.1, 0.15) is 6.54 Å². The molecule has 0 unspecified atom stereocenters. The second-order valence-electron chi connectivity index (χ2n) is 6.98. The average molecular weight is 417 g/mol. The highest BCUT2D eigenvalue weighted by molar-refractivity contribution is 5.84. The lowest BCUT2D eigenvalue weighted by molar-refractivity contribution is -0.133. The van der Waals surface area contributed by atoms with Crippen LogP contribution in [-0.2, 0) is 34.4 Å². The number of ether oxygens (including phenoxy) is 2. The maximum absolute atomic E-state index is 13.0. The van der Waals surface area contributed by atoms with E-state index < -0.39 is 0 Å². The number of hydrogen-bond donors (Lipinski definition) is 1. The highest BCUT2D eigenvalue weighted by atomic mass is 16.5. The average Bonchev–Trinajstić information content (AvgIpc) is 3.17. The van der Waals surface area contributed by atoms with Crippen LogP contribution in [0.2, 0.25) is 0 Å². The number of aryl methyl sites for hydroxylation is 1. The number of rotatable bonds is 12. The molecule has 2 rings (SSSR count). The van der Waals surface area contributed by atoms with Crippen LogP contribution in [0.4, 0.5) is 4.79 Å². The zero-order valence-electron chi connectivity index (χ0n) is 18.0. The number of aromatic nitrogens is 1. The Bertz CT molecular complexity index is 778. The Morgan fingerprint density at radius 1 is 0.967 bits per heavy atom. The molecule has 0 saturated heterocycles. The monoisotopic (exact) mass is 416 g/mol. The van der Waals surface area contributed by atoms with Crippen LogP contribution < -0.4 is 5.32 Å². The molecule has 0 bridgehead atoms. The normalized spacial score (nSPS) is 10.6. The Hall–Kier alpha value is -2.84. The summed E-state index contributed by atoms with van der Waals surface area (Å²) >= 11 is 0. The first-order chi connectivity index (χ1) is 14.5. The topological polar surface area (TPSA) is 76.0 Å². The maximum Gasteiger partial charge on any atom is 0.318 e. The van der Waals surface area contributed by atoms with Crippen molar-refractivity contribution in [3.05, 3.63) is 59.9 Å². The fourth-order valence-corrected chi connectivity index (χ4v) is 2.95. The first-order valence-corrected chi connectivity index (χ1v) is 9.97. The zero-order chi connectivity index (χ0) is 21.8. The van der Waals surface area contributed by atoms with Crippen LogP contribution in [0.15, 0.2) is 48.7 Å². The second-order valence-corrected chi connectivity index (χ2v) is 6.98. The summed E-state index contributed by atoms with van der Waals surface area (Å²) in [7, 11) is 5.12. The van der Waals surface area contributed by atoms with Gasteiger partial charge in [0, 0.05) is 52.8 Å². The molecule has 0 saturated carbocycles. The standard InChI is InChI=1S/C22H32N4O4/c1-24-11-7-10-20(24)17-25(12-14-29-2)21(27)18-26(13-15-30-3)22(28)23-16-19-8-5-4-6-9-19/h4-11H,12-18H2,1-3H3,(H,23,28). The van der Waals surface area contributed by atoms with Gasteiger partial charge in [-0.15, -0.1) is 0 Å². The van der Waals surface area contributed by atoms with Gasteiger partial charge < -0.3 is 29.2 Å². The van der Waals surface area contributed by atoms with Crippen molar-refractivity contribution in [3.8, 4) is 0 Å². The first kappa shape index (κ1) is 23.4. The second kappa shape index (κ2) is 12.7. The van der Waals surface area contributed by atoms with E-state index in [0.29, 0.717) is 39.4 Å². The van der Waals surface area contributed by atoms with Crippen molar-refractivity contribution in [2.24, 2.45) is 7.05 Å². The zero-order valence-corrected chi connectivity index (χ0v) is 18.0. The van der Waals surface area contributed by atoms with E-state index in [-0.39, 0.29) is 18.5 Å². The third-order valence-corrected chi connectivity index (χ3v) is 4.79. The third kappa shape index (κ3) is 7.53. The lowest BCUT2D eigenvalue weighted by Crippen LogP contribution is -2.48. The number of amides is 3. The molecular formula is C22H32N4O4. The molecular weight excluding hydrogens is 384 g/mol. The summed E-state index contributed by atoms with van der Waals surface area (Å²) in [6, 6.07) is 13.3. The van der Waals surface area contributed by atoms with Crippen molar-refractivity contribution in [3.63, 3.8) is 0 Å². The van der Waals surface area contributed by atoms with E-state index in [2.05, 4.69) is 5.32 Å². The molecule has 0 aliphatic rings. The van der Waals surface area contributed by atoms with Crippen LogP contribution in [0.1, 0.15) is 11.3 Å². The van der Waals surface area contributed by atoms with Gasteiger partial charge in [-0.25, -0.2) is 4.79 Å². The van der Waals surface area contributed by atoms with E-state index in [4.69, 9.17) is 9.47 Å². The molecule has 8 heteroatoms. The minimum absolute atomic E-state index is 0.0296. The summed E-state index contributed by atoms with van der Waals surface area (Å²) in [6.07, 6.45) is 1.94. The molecule has 30 heavy (non-hydrogen) atoms. The van der Waals surface area contributed by atoms with Gasteiger partial charge >= 0.3 is 6.03 Å². The van der Waals surface area contributed by atoms with Crippen molar-refractivity contribution in [2.75, 3.05) is 47.1 Å². The summed E-state index contributed by atoms with van der Waals surface area (Å²) < 4.78 is 12.3. The number of urea groups is 1. The van der Waals surface area contributed by atoms with Crippen molar-refractivity contribution in [2.45, 2.75) is 13.1 Å². The van der Waals surface area contributed by atoms with Gasteiger partial charge in [-0.05, 0) is 17.7 Å². The summed E-state index contributed by atoms with van der Waals surface area (Å²) in [6.45, 7) is 2.37. The van der Waals surface area contributed by atoms with E-state index in [0.717, 1.165) is 11.3 Å². The van der Waals surface area contributed by atoms with Gasteiger partial charge in [0.25, 0.3) is 0 Å². The molecule has 3 amide bonds. The lowest BCUT2D eigenvalue weighted by Gasteiger charge is -2.28. The van der Waals surface area contributed by atoms with Gasteiger partial charge in [-0.3, -0.25) is 4.79 Å². The molecule has 164 valence electrons. The summed E-state index contributed by atoms with van der Waals surface area (Å²) in [5.41, 5.74) is 2.01. The van der Waals surface area contributed by atoms with Crippen molar-refractivity contribution < 1.29 is 19.1 Å². The third-order valence-electron chi connectivity index (χ3n) is 4.79. The predicted molar refractivity (Wildman–Crippen MR) is 115 cm³/mol. The van der Waals surface area contributed by atoms with Crippen molar-refractivity contribution in [1.29, 1.82) is 0 Å². The molecule has 8 nitrogen and oxygen atoms in total. The molecule has 1 aromatic carbocycles. The largest absolute Gasteiger partial charge is 0.383 e. The Kier molecular flexibility index (Phi) is 9.90. The van der Waals surface area contributed by atoms with E-state index in [1.54, 1.807) is 19.1 Å². The van der Waals surface area contributed by atoms with Gasteiger partial charge in [-0.1, -0.05) is 30.3 Å². The lowest BCUT2D eigenvalue weighted by atomic mass is 10.2. The number of hydrogen-bond acceptors (Lipinski definition) is 4.